The van der Waals surface area contributed by atoms with Crippen LogP contribution in [0.3, 0.4) is 0 Å². The summed E-state index contributed by atoms with van der Waals surface area (Å²) in [5.41, 5.74) is 0. The quantitative estimate of drug-likeness (QED) is 0.810. The molecule has 0 amide bonds. The first kappa shape index (κ1) is 12.0. The van der Waals surface area contributed by atoms with E-state index >= 15 is 0 Å². The normalized spacial score (nSPS) is 12.3. The van der Waals surface area contributed by atoms with Gasteiger partial charge in [-0.1, -0.05) is 6.92 Å². The van der Waals surface area contributed by atoms with Crippen molar-refractivity contribution in [3.63, 3.8) is 0 Å². The molecule has 1 heterocycles. The maximum Gasteiger partial charge on any atom is 0.229 e. The SMILES string of the molecule is CCNc1nc(Cl)nc(N[C@@H](C)CC)n1. The molecule has 0 saturated carbocycles. The molecule has 84 valence electrons. The van der Waals surface area contributed by atoms with Crippen molar-refractivity contribution in [3.05, 3.63) is 5.28 Å². The number of hydrogen-bond donors (Lipinski definition) is 2. The molecule has 0 radical (unpaired) electrons. The van der Waals surface area contributed by atoms with Gasteiger partial charge in [0.1, 0.15) is 0 Å². The highest BCUT2D eigenvalue weighted by Gasteiger charge is 2.06. The Bertz CT molecular complexity index is 317. The Kier molecular flexibility index (Phi) is 4.55. The van der Waals surface area contributed by atoms with Crippen LogP contribution in [0.5, 0.6) is 0 Å². The lowest BCUT2D eigenvalue weighted by molar-refractivity contribution is 0.751. The fraction of sp³-hybridized carbons (Fsp3) is 0.667. The minimum Gasteiger partial charge on any atom is -0.354 e. The predicted octanol–water partition coefficient (Wildman–Crippen LogP) is 2.17. The zero-order chi connectivity index (χ0) is 11.3. The van der Waals surface area contributed by atoms with Crippen molar-refractivity contribution in [1.29, 1.82) is 0 Å². The molecule has 1 aromatic heterocycles. The molecular weight excluding hydrogens is 214 g/mol. The molecule has 6 heteroatoms. The number of aromatic nitrogens is 3. The van der Waals surface area contributed by atoms with Crippen molar-refractivity contribution < 1.29 is 0 Å². The van der Waals surface area contributed by atoms with Crippen molar-refractivity contribution in [2.24, 2.45) is 0 Å². The van der Waals surface area contributed by atoms with Crippen LogP contribution in [0.2, 0.25) is 5.28 Å². The van der Waals surface area contributed by atoms with Crippen LogP contribution >= 0.6 is 11.6 Å². The van der Waals surface area contributed by atoms with Crippen molar-refractivity contribution in [3.8, 4) is 0 Å². The Morgan fingerprint density at radius 2 is 1.87 bits per heavy atom. The number of nitrogens with one attached hydrogen (secondary N) is 2. The number of nitrogens with zero attached hydrogens (tertiary/aromatic N) is 3. The third-order valence-electron chi connectivity index (χ3n) is 1.93. The molecule has 0 aliphatic carbocycles. The molecular formula is C9H16ClN5. The van der Waals surface area contributed by atoms with Gasteiger partial charge in [-0.25, -0.2) is 0 Å². The van der Waals surface area contributed by atoms with Crippen LogP contribution in [-0.2, 0) is 0 Å². The van der Waals surface area contributed by atoms with E-state index < -0.39 is 0 Å². The fourth-order valence-electron chi connectivity index (χ4n) is 0.974. The zero-order valence-corrected chi connectivity index (χ0v) is 9.97. The number of hydrogen-bond acceptors (Lipinski definition) is 5. The minimum atomic E-state index is 0.201. The Hall–Kier alpha value is -1.10. The van der Waals surface area contributed by atoms with Gasteiger partial charge in [0.2, 0.25) is 17.2 Å². The highest BCUT2D eigenvalue weighted by Crippen LogP contribution is 2.10. The zero-order valence-electron chi connectivity index (χ0n) is 9.21. The molecule has 2 N–H and O–H groups in total. The summed E-state index contributed by atoms with van der Waals surface area (Å²) >= 11 is 5.77. The molecule has 0 aliphatic rings. The highest BCUT2D eigenvalue weighted by molar-refractivity contribution is 6.28. The summed E-state index contributed by atoms with van der Waals surface area (Å²) in [7, 11) is 0. The summed E-state index contributed by atoms with van der Waals surface area (Å²) in [6.45, 7) is 6.87. The molecule has 5 nitrogen and oxygen atoms in total. The molecule has 15 heavy (non-hydrogen) atoms. The van der Waals surface area contributed by atoms with Gasteiger partial charge in [-0.15, -0.1) is 0 Å². The van der Waals surface area contributed by atoms with E-state index in [1.165, 1.54) is 0 Å². The Morgan fingerprint density at radius 1 is 1.20 bits per heavy atom. The monoisotopic (exact) mass is 229 g/mol. The lowest BCUT2D eigenvalue weighted by Crippen LogP contribution is -2.17. The maximum absolute atomic E-state index is 5.77. The molecule has 1 aromatic rings. The summed E-state index contributed by atoms with van der Waals surface area (Å²) in [5.74, 6) is 1.02. The second-order valence-electron chi connectivity index (χ2n) is 3.24. The number of anilines is 2. The Labute approximate surface area is 94.7 Å². The average molecular weight is 230 g/mol. The van der Waals surface area contributed by atoms with Gasteiger partial charge in [0.05, 0.1) is 0 Å². The standard InChI is InChI=1S/C9H16ClN5/c1-4-6(3)12-9-14-7(10)13-8(15-9)11-5-2/h6H,4-5H2,1-3H3,(H2,11,12,13,14,15)/t6-/m0/s1. The van der Waals surface area contributed by atoms with E-state index in [9.17, 15) is 0 Å². The van der Waals surface area contributed by atoms with Crippen LogP contribution in [0.25, 0.3) is 0 Å². The van der Waals surface area contributed by atoms with Gasteiger partial charge in [-0.2, -0.15) is 15.0 Å². The fourth-order valence-corrected chi connectivity index (χ4v) is 1.13. The third kappa shape index (κ3) is 3.87. The van der Waals surface area contributed by atoms with Crippen LogP contribution in [0, 0.1) is 0 Å². The first-order valence-corrected chi connectivity index (χ1v) is 5.45. The van der Waals surface area contributed by atoms with Crippen LogP contribution < -0.4 is 10.6 Å². The van der Waals surface area contributed by atoms with Gasteiger partial charge >= 0.3 is 0 Å². The lowest BCUT2D eigenvalue weighted by Gasteiger charge is -2.11. The second-order valence-corrected chi connectivity index (χ2v) is 3.57. The summed E-state index contributed by atoms with van der Waals surface area (Å²) in [6, 6.07) is 0.318. The van der Waals surface area contributed by atoms with E-state index in [0.717, 1.165) is 13.0 Å². The van der Waals surface area contributed by atoms with Gasteiger partial charge in [0.15, 0.2) is 0 Å². The van der Waals surface area contributed by atoms with E-state index in [4.69, 9.17) is 11.6 Å². The van der Waals surface area contributed by atoms with Gasteiger partial charge in [-0.05, 0) is 31.9 Å². The van der Waals surface area contributed by atoms with E-state index in [0.29, 0.717) is 17.9 Å². The van der Waals surface area contributed by atoms with E-state index in [1.807, 2.05) is 6.92 Å². The van der Waals surface area contributed by atoms with Crippen LogP contribution in [0.4, 0.5) is 11.9 Å². The molecule has 0 fully saturated rings. The first-order chi connectivity index (χ1) is 7.15. The maximum atomic E-state index is 5.77. The number of halogens is 1. The van der Waals surface area contributed by atoms with Crippen molar-refractivity contribution in [2.45, 2.75) is 33.2 Å². The summed E-state index contributed by atoms with van der Waals surface area (Å²) in [6.07, 6.45) is 1.000. The summed E-state index contributed by atoms with van der Waals surface area (Å²) in [5, 5.41) is 6.34. The van der Waals surface area contributed by atoms with Gasteiger partial charge < -0.3 is 10.6 Å². The largest absolute Gasteiger partial charge is 0.354 e. The highest BCUT2D eigenvalue weighted by atomic mass is 35.5. The molecule has 0 saturated heterocycles. The minimum absolute atomic E-state index is 0.201. The van der Waals surface area contributed by atoms with Crippen LogP contribution in [0.15, 0.2) is 0 Å². The summed E-state index contributed by atoms with van der Waals surface area (Å²) < 4.78 is 0. The van der Waals surface area contributed by atoms with Gasteiger partial charge in [0.25, 0.3) is 0 Å². The predicted molar refractivity (Wildman–Crippen MR) is 62.4 cm³/mol. The number of rotatable bonds is 5. The lowest BCUT2D eigenvalue weighted by atomic mass is 10.3. The van der Waals surface area contributed by atoms with Crippen LogP contribution in [0.1, 0.15) is 27.2 Å². The third-order valence-corrected chi connectivity index (χ3v) is 2.10. The molecule has 0 aliphatic heterocycles. The molecule has 0 spiro atoms. The van der Waals surface area contributed by atoms with Gasteiger partial charge in [0, 0.05) is 12.6 Å². The smallest absolute Gasteiger partial charge is 0.229 e. The van der Waals surface area contributed by atoms with Crippen molar-refractivity contribution in [1.82, 2.24) is 15.0 Å². The summed E-state index contributed by atoms with van der Waals surface area (Å²) in [4.78, 5) is 12.1. The molecule has 0 aromatic carbocycles. The van der Waals surface area contributed by atoms with Crippen LogP contribution in [-0.4, -0.2) is 27.5 Å². The van der Waals surface area contributed by atoms with E-state index in [2.05, 4.69) is 39.4 Å². The second kappa shape index (κ2) is 5.70. The van der Waals surface area contributed by atoms with Crippen molar-refractivity contribution >= 4 is 23.5 Å². The molecule has 1 rings (SSSR count). The Morgan fingerprint density at radius 3 is 2.47 bits per heavy atom. The average Bonchev–Trinajstić information content (AvgIpc) is 2.17. The topological polar surface area (TPSA) is 62.7 Å². The van der Waals surface area contributed by atoms with E-state index in [-0.39, 0.29) is 5.28 Å². The molecule has 0 unspecified atom stereocenters. The Balaban J connectivity index is 2.78. The molecule has 1 atom stereocenters. The first-order valence-electron chi connectivity index (χ1n) is 5.07. The van der Waals surface area contributed by atoms with E-state index in [1.54, 1.807) is 0 Å². The molecule has 0 bridgehead atoms. The van der Waals surface area contributed by atoms with Crippen molar-refractivity contribution in [2.75, 3.05) is 17.2 Å². The van der Waals surface area contributed by atoms with Gasteiger partial charge in [-0.3, -0.25) is 0 Å².